The van der Waals surface area contributed by atoms with Crippen LogP contribution in [0.4, 0.5) is 4.39 Å². The first-order chi connectivity index (χ1) is 7.29. The molecule has 3 heteroatoms. The van der Waals surface area contributed by atoms with E-state index < -0.39 is 0 Å². The van der Waals surface area contributed by atoms with Crippen molar-refractivity contribution in [1.29, 1.82) is 0 Å². The zero-order valence-electron chi connectivity index (χ0n) is 8.87. The van der Waals surface area contributed by atoms with Crippen LogP contribution >= 0.6 is 0 Å². The van der Waals surface area contributed by atoms with E-state index in [1.165, 1.54) is 12.1 Å². The summed E-state index contributed by atoms with van der Waals surface area (Å²) >= 11 is 0. The Labute approximate surface area is 89.4 Å². The van der Waals surface area contributed by atoms with Crippen LogP contribution in [0.2, 0.25) is 0 Å². The molecule has 0 aromatic heterocycles. The molecule has 1 aliphatic rings. The highest BCUT2D eigenvalue weighted by atomic mass is 19.1. The lowest BCUT2D eigenvalue weighted by Crippen LogP contribution is -2.33. The van der Waals surface area contributed by atoms with Gasteiger partial charge in [-0.05, 0) is 37.6 Å². The predicted octanol–water partition coefficient (Wildman–Crippen LogP) is 2.27. The average Bonchev–Trinajstić information content (AvgIpc) is 2.30. The predicted molar refractivity (Wildman–Crippen MR) is 57.2 cm³/mol. The molecular weight excluding hydrogens is 193 g/mol. The zero-order chi connectivity index (χ0) is 10.7. The van der Waals surface area contributed by atoms with Crippen LogP contribution in [0.1, 0.15) is 24.5 Å². The summed E-state index contributed by atoms with van der Waals surface area (Å²) < 4.78 is 18.4. The molecule has 0 unspecified atom stereocenters. The van der Waals surface area contributed by atoms with Gasteiger partial charge in [0.15, 0.2) is 0 Å². The van der Waals surface area contributed by atoms with E-state index in [2.05, 4.69) is 5.32 Å². The summed E-state index contributed by atoms with van der Waals surface area (Å²) in [6, 6.07) is 7.09. The molecule has 0 aliphatic carbocycles. The van der Waals surface area contributed by atoms with Crippen LogP contribution in [0, 0.1) is 5.82 Å². The number of hydrogen-bond acceptors (Lipinski definition) is 2. The second-order valence-corrected chi connectivity index (χ2v) is 3.92. The minimum absolute atomic E-state index is 0.108. The van der Waals surface area contributed by atoms with E-state index in [4.69, 9.17) is 4.74 Å². The normalized spacial score (nSPS) is 26.5. The van der Waals surface area contributed by atoms with Crippen molar-refractivity contribution >= 4 is 0 Å². The monoisotopic (exact) mass is 209 g/mol. The molecule has 1 aromatic rings. The summed E-state index contributed by atoms with van der Waals surface area (Å²) in [6.07, 6.45) is 2.12. The highest BCUT2D eigenvalue weighted by Crippen LogP contribution is 2.27. The summed E-state index contributed by atoms with van der Waals surface area (Å²) in [5, 5.41) is 3.26. The van der Waals surface area contributed by atoms with Gasteiger partial charge in [-0.1, -0.05) is 12.1 Å². The fraction of sp³-hybridized carbons (Fsp3) is 0.500. The Kier molecular flexibility index (Phi) is 3.34. The summed E-state index contributed by atoms with van der Waals surface area (Å²) in [5.41, 5.74) is 1.07. The molecule has 0 radical (unpaired) electrons. The molecule has 1 saturated heterocycles. The lowest BCUT2D eigenvalue weighted by Gasteiger charge is -2.29. The summed E-state index contributed by atoms with van der Waals surface area (Å²) in [6.45, 7) is 0.771. The van der Waals surface area contributed by atoms with E-state index in [9.17, 15) is 4.39 Å². The van der Waals surface area contributed by atoms with Crippen LogP contribution in [0.3, 0.4) is 0 Å². The number of halogens is 1. The molecule has 0 saturated carbocycles. The number of ether oxygens (including phenoxy) is 1. The average molecular weight is 209 g/mol. The Morgan fingerprint density at radius 3 is 2.73 bits per heavy atom. The molecule has 2 rings (SSSR count). The van der Waals surface area contributed by atoms with Gasteiger partial charge in [-0.2, -0.15) is 0 Å². The van der Waals surface area contributed by atoms with Crippen LogP contribution < -0.4 is 5.32 Å². The van der Waals surface area contributed by atoms with E-state index in [0.29, 0.717) is 6.04 Å². The van der Waals surface area contributed by atoms with Gasteiger partial charge in [-0.3, -0.25) is 0 Å². The van der Waals surface area contributed by atoms with Crippen LogP contribution in [-0.4, -0.2) is 19.7 Å². The zero-order valence-corrected chi connectivity index (χ0v) is 8.87. The van der Waals surface area contributed by atoms with Crippen LogP contribution in [-0.2, 0) is 4.74 Å². The van der Waals surface area contributed by atoms with Crippen molar-refractivity contribution in [1.82, 2.24) is 5.32 Å². The molecule has 2 nitrogen and oxygen atoms in total. The van der Waals surface area contributed by atoms with E-state index in [0.717, 1.165) is 25.0 Å². The van der Waals surface area contributed by atoms with E-state index in [1.807, 2.05) is 7.05 Å². The first kappa shape index (κ1) is 10.6. The maximum atomic E-state index is 12.7. The molecule has 82 valence electrons. The minimum Gasteiger partial charge on any atom is -0.373 e. The van der Waals surface area contributed by atoms with Crippen molar-refractivity contribution in [2.75, 3.05) is 13.7 Å². The molecule has 1 heterocycles. The van der Waals surface area contributed by atoms with Crippen LogP contribution in [0.25, 0.3) is 0 Å². The summed E-state index contributed by atoms with van der Waals surface area (Å²) in [7, 11) is 1.97. The quantitative estimate of drug-likeness (QED) is 0.806. The van der Waals surface area contributed by atoms with Gasteiger partial charge in [0.05, 0.1) is 6.10 Å². The van der Waals surface area contributed by atoms with Crippen molar-refractivity contribution in [2.45, 2.75) is 25.0 Å². The highest BCUT2D eigenvalue weighted by Gasteiger charge is 2.22. The Balaban J connectivity index is 2.06. The number of nitrogens with one attached hydrogen (secondary N) is 1. The molecule has 2 atom stereocenters. The minimum atomic E-state index is -0.195. The number of hydrogen-bond donors (Lipinski definition) is 1. The van der Waals surface area contributed by atoms with Gasteiger partial charge in [-0.25, -0.2) is 4.39 Å². The number of benzene rings is 1. The second-order valence-electron chi connectivity index (χ2n) is 3.92. The van der Waals surface area contributed by atoms with Crippen molar-refractivity contribution < 1.29 is 9.13 Å². The lowest BCUT2D eigenvalue weighted by atomic mass is 9.98. The van der Waals surface area contributed by atoms with Crippen molar-refractivity contribution in [3.63, 3.8) is 0 Å². The third kappa shape index (κ3) is 2.55. The molecule has 1 aromatic carbocycles. The van der Waals surface area contributed by atoms with Crippen LogP contribution in [0.5, 0.6) is 0 Å². The molecule has 0 spiro atoms. The van der Waals surface area contributed by atoms with Gasteiger partial charge in [0.1, 0.15) is 5.82 Å². The standard InChI is InChI=1S/C12H16FNO/c1-14-11-6-7-15-12(8-11)9-2-4-10(13)5-3-9/h2-5,11-12,14H,6-8H2,1H3/t11-,12-/m1/s1. The SMILES string of the molecule is CN[C@@H]1CCO[C@@H](c2ccc(F)cc2)C1. The fourth-order valence-electron chi connectivity index (χ4n) is 1.97. The van der Waals surface area contributed by atoms with Crippen molar-refractivity contribution in [2.24, 2.45) is 0 Å². The van der Waals surface area contributed by atoms with Crippen molar-refractivity contribution in [3.05, 3.63) is 35.6 Å². The number of rotatable bonds is 2. The second kappa shape index (κ2) is 4.73. The van der Waals surface area contributed by atoms with Gasteiger partial charge in [0.25, 0.3) is 0 Å². The van der Waals surface area contributed by atoms with E-state index >= 15 is 0 Å². The van der Waals surface area contributed by atoms with Gasteiger partial charge in [-0.15, -0.1) is 0 Å². The largest absolute Gasteiger partial charge is 0.373 e. The lowest BCUT2D eigenvalue weighted by molar-refractivity contribution is 0.00152. The third-order valence-corrected chi connectivity index (χ3v) is 2.93. The van der Waals surface area contributed by atoms with Crippen LogP contribution in [0.15, 0.2) is 24.3 Å². The van der Waals surface area contributed by atoms with E-state index in [-0.39, 0.29) is 11.9 Å². The van der Waals surface area contributed by atoms with Crippen molar-refractivity contribution in [3.8, 4) is 0 Å². The molecular formula is C12H16FNO. The van der Waals surface area contributed by atoms with Gasteiger partial charge in [0, 0.05) is 12.6 Å². The first-order valence-electron chi connectivity index (χ1n) is 5.34. The van der Waals surface area contributed by atoms with E-state index in [1.54, 1.807) is 12.1 Å². The first-order valence-corrected chi connectivity index (χ1v) is 5.34. The summed E-state index contributed by atoms with van der Waals surface area (Å²) in [4.78, 5) is 0. The van der Waals surface area contributed by atoms with Gasteiger partial charge in [0.2, 0.25) is 0 Å². The fourth-order valence-corrected chi connectivity index (χ4v) is 1.97. The maximum absolute atomic E-state index is 12.7. The van der Waals surface area contributed by atoms with Gasteiger partial charge < -0.3 is 10.1 Å². The Morgan fingerprint density at radius 2 is 2.07 bits per heavy atom. The topological polar surface area (TPSA) is 21.3 Å². The van der Waals surface area contributed by atoms with Gasteiger partial charge >= 0.3 is 0 Å². The molecule has 0 amide bonds. The smallest absolute Gasteiger partial charge is 0.123 e. The Hall–Kier alpha value is -0.930. The summed E-state index contributed by atoms with van der Waals surface area (Å²) in [5.74, 6) is -0.195. The molecule has 1 N–H and O–H groups in total. The highest BCUT2D eigenvalue weighted by molar-refractivity contribution is 5.19. The Bertz CT molecular complexity index is 312. The molecule has 15 heavy (non-hydrogen) atoms. The maximum Gasteiger partial charge on any atom is 0.123 e. The molecule has 0 bridgehead atoms. The Morgan fingerprint density at radius 1 is 1.33 bits per heavy atom. The third-order valence-electron chi connectivity index (χ3n) is 2.93. The molecule has 1 fully saturated rings. The molecule has 1 aliphatic heterocycles.